The molecule has 3 nitrogen and oxygen atoms in total. The van der Waals surface area contributed by atoms with E-state index in [1.54, 1.807) is 0 Å². The van der Waals surface area contributed by atoms with Gasteiger partial charge in [-0.2, -0.15) is 0 Å². The Kier molecular flexibility index (Phi) is 8.93. The Labute approximate surface area is 184 Å². The molecule has 2 rings (SSSR count). The number of hydrogen-bond donors (Lipinski definition) is 0. The molecule has 30 heavy (non-hydrogen) atoms. The van der Waals surface area contributed by atoms with Gasteiger partial charge in [0.25, 0.3) is 0 Å². The van der Waals surface area contributed by atoms with Crippen molar-refractivity contribution in [3.63, 3.8) is 0 Å². The third kappa shape index (κ3) is 9.77. The first-order valence-corrected chi connectivity index (χ1v) is 11.2. The molecule has 0 amide bonds. The highest BCUT2D eigenvalue weighted by Gasteiger charge is 2.34. The monoisotopic (exact) mass is 412 g/mol. The van der Waals surface area contributed by atoms with Crippen LogP contribution in [0, 0.1) is 10.8 Å². The number of quaternary nitrogens is 1. The lowest BCUT2D eigenvalue weighted by Crippen LogP contribution is -2.51. The average Bonchev–Trinajstić information content (AvgIpc) is 2.63. The predicted molar refractivity (Wildman–Crippen MR) is 127 cm³/mol. The van der Waals surface area contributed by atoms with Crippen molar-refractivity contribution < 1.29 is 14.0 Å². The minimum atomic E-state index is 0.262. The first-order chi connectivity index (χ1) is 14.1. The van der Waals surface area contributed by atoms with E-state index in [0.717, 1.165) is 36.5 Å². The van der Waals surface area contributed by atoms with E-state index >= 15 is 0 Å². The summed E-state index contributed by atoms with van der Waals surface area (Å²) in [5.41, 5.74) is 1.98. The van der Waals surface area contributed by atoms with E-state index in [-0.39, 0.29) is 5.41 Å². The second-order valence-corrected chi connectivity index (χ2v) is 10.8. The molecule has 166 valence electrons. The number of para-hydroxylation sites is 1. The van der Waals surface area contributed by atoms with E-state index < -0.39 is 0 Å². The van der Waals surface area contributed by atoms with Crippen molar-refractivity contribution in [2.75, 3.05) is 40.0 Å². The van der Waals surface area contributed by atoms with Crippen LogP contribution in [-0.4, -0.2) is 44.4 Å². The van der Waals surface area contributed by atoms with E-state index in [1.807, 2.05) is 30.3 Å². The summed E-state index contributed by atoms with van der Waals surface area (Å²) < 4.78 is 12.7. The van der Waals surface area contributed by atoms with Gasteiger partial charge in [-0.25, -0.2) is 0 Å². The SMILES string of the molecule is CC(C)(C)CC(C)(C)C[N+](C)(CCOCCOc1ccccc1)Cc1ccccc1. The van der Waals surface area contributed by atoms with E-state index in [2.05, 4.69) is 72.0 Å². The standard InChI is InChI=1S/C27H42NO2/c1-26(2,3)22-27(4,5)23-28(6,21-24-13-9-7-10-14-24)17-18-29-19-20-30-25-15-11-8-12-16-25/h7-16H,17-23H2,1-6H3/q+1. The zero-order chi connectivity index (χ0) is 22.1. The Balaban J connectivity index is 1.90. The number of rotatable bonds is 12. The van der Waals surface area contributed by atoms with Crippen LogP contribution >= 0.6 is 0 Å². The molecule has 0 bridgehead atoms. The third-order valence-electron chi connectivity index (χ3n) is 5.24. The molecular formula is C27H42NO2+. The van der Waals surface area contributed by atoms with Crippen LogP contribution < -0.4 is 4.74 Å². The Morgan fingerprint density at radius 2 is 1.37 bits per heavy atom. The van der Waals surface area contributed by atoms with Crippen LogP contribution in [0.5, 0.6) is 5.75 Å². The fourth-order valence-electron chi connectivity index (χ4n) is 4.89. The number of nitrogens with zero attached hydrogens (tertiary/aromatic N) is 1. The summed E-state index contributed by atoms with van der Waals surface area (Å²) in [6, 6.07) is 20.8. The molecule has 0 aromatic heterocycles. The molecule has 0 heterocycles. The Hall–Kier alpha value is -1.84. The van der Waals surface area contributed by atoms with Crippen molar-refractivity contribution in [3.05, 3.63) is 66.2 Å². The van der Waals surface area contributed by atoms with Crippen molar-refractivity contribution in [2.45, 2.75) is 47.6 Å². The number of likely N-dealkylation sites (N-methyl/N-ethyl adjacent to an activating group) is 1. The van der Waals surface area contributed by atoms with Crippen LogP contribution in [0.25, 0.3) is 0 Å². The number of ether oxygens (including phenoxy) is 2. The highest BCUT2D eigenvalue weighted by atomic mass is 16.5. The van der Waals surface area contributed by atoms with Crippen LogP contribution in [0.15, 0.2) is 60.7 Å². The van der Waals surface area contributed by atoms with Crippen molar-refractivity contribution >= 4 is 0 Å². The zero-order valence-electron chi connectivity index (χ0n) is 20.0. The molecule has 2 aromatic rings. The quantitative estimate of drug-likeness (QED) is 0.306. The Morgan fingerprint density at radius 1 is 0.767 bits per heavy atom. The smallest absolute Gasteiger partial charge is 0.119 e. The van der Waals surface area contributed by atoms with Crippen molar-refractivity contribution in [1.29, 1.82) is 0 Å². The molecule has 2 aromatic carbocycles. The van der Waals surface area contributed by atoms with Gasteiger partial charge in [-0.15, -0.1) is 0 Å². The largest absolute Gasteiger partial charge is 0.491 e. The fraction of sp³-hybridized carbons (Fsp3) is 0.556. The summed E-state index contributed by atoms with van der Waals surface area (Å²) >= 11 is 0. The van der Waals surface area contributed by atoms with Gasteiger partial charge < -0.3 is 14.0 Å². The average molecular weight is 413 g/mol. The second-order valence-electron chi connectivity index (χ2n) is 10.8. The van der Waals surface area contributed by atoms with Gasteiger partial charge in [0.2, 0.25) is 0 Å². The van der Waals surface area contributed by atoms with Crippen LogP contribution in [0.4, 0.5) is 0 Å². The minimum absolute atomic E-state index is 0.262. The minimum Gasteiger partial charge on any atom is -0.491 e. The molecule has 0 aliphatic rings. The van der Waals surface area contributed by atoms with Crippen molar-refractivity contribution in [2.24, 2.45) is 10.8 Å². The van der Waals surface area contributed by atoms with Gasteiger partial charge >= 0.3 is 0 Å². The summed E-state index contributed by atoms with van der Waals surface area (Å²) in [4.78, 5) is 0. The van der Waals surface area contributed by atoms with Crippen molar-refractivity contribution in [3.8, 4) is 5.75 Å². The molecule has 0 spiro atoms. The van der Waals surface area contributed by atoms with Crippen LogP contribution in [0.2, 0.25) is 0 Å². The normalized spacial score (nSPS) is 14.3. The number of benzene rings is 2. The molecule has 0 aliphatic heterocycles. The molecule has 0 saturated carbocycles. The molecule has 0 aliphatic carbocycles. The summed E-state index contributed by atoms with van der Waals surface area (Å²) in [5.74, 6) is 0.898. The first kappa shape index (κ1) is 24.4. The maximum atomic E-state index is 5.96. The van der Waals surface area contributed by atoms with Gasteiger partial charge in [0.05, 0.1) is 26.8 Å². The molecule has 3 heteroatoms. The lowest BCUT2D eigenvalue weighted by molar-refractivity contribution is -0.928. The maximum Gasteiger partial charge on any atom is 0.119 e. The van der Waals surface area contributed by atoms with Gasteiger partial charge in [0, 0.05) is 11.0 Å². The van der Waals surface area contributed by atoms with Gasteiger partial charge in [0.15, 0.2) is 0 Å². The topological polar surface area (TPSA) is 18.5 Å². The number of hydrogen-bond acceptors (Lipinski definition) is 2. The van der Waals surface area contributed by atoms with E-state index in [4.69, 9.17) is 9.47 Å². The third-order valence-corrected chi connectivity index (χ3v) is 5.24. The van der Waals surface area contributed by atoms with Gasteiger partial charge in [-0.3, -0.25) is 0 Å². The zero-order valence-corrected chi connectivity index (χ0v) is 20.0. The summed E-state index contributed by atoms with van der Waals surface area (Å²) in [5, 5.41) is 0. The molecule has 0 N–H and O–H groups in total. The maximum absolute atomic E-state index is 5.96. The van der Waals surface area contributed by atoms with E-state index in [0.29, 0.717) is 18.6 Å². The van der Waals surface area contributed by atoms with Crippen LogP contribution in [0.1, 0.15) is 46.6 Å². The lowest BCUT2D eigenvalue weighted by Gasteiger charge is -2.43. The second kappa shape index (κ2) is 11.0. The fourth-order valence-corrected chi connectivity index (χ4v) is 4.89. The lowest BCUT2D eigenvalue weighted by atomic mass is 9.75. The summed E-state index contributed by atoms with van der Waals surface area (Å²) in [7, 11) is 2.38. The predicted octanol–water partition coefficient (Wildman–Crippen LogP) is 6.19. The first-order valence-electron chi connectivity index (χ1n) is 11.2. The molecule has 0 saturated heterocycles. The van der Waals surface area contributed by atoms with Crippen molar-refractivity contribution in [1.82, 2.24) is 0 Å². The molecule has 0 fully saturated rings. The van der Waals surface area contributed by atoms with Gasteiger partial charge in [-0.1, -0.05) is 83.1 Å². The Morgan fingerprint density at radius 3 is 1.97 bits per heavy atom. The van der Waals surface area contributed by atoms with Gasteiger partial charge in [-0.05, 0) is 24.0 Å². The highest BCUT2D eigenvalue weighted by Crippen LogP contribution is 2.35. The summed E-state index contributed by atoms with van der Waals surface area (Å²) in [6.07, 6.45) is 1.20. The van der Waals surface area contributed by atoms with Crippen LogP contribution in [0.3, 0.4) is 0 Å². The molecular weight excluding hydrogens is 370 g/mol. The van der Waals surface area contributed by atoms with Gasteiger partial charge in [0.1, 0.15) is 25.4 Å². The van der Waals surface area contributed by atoms with Crippen LogP contribution in [-0.2, 0) is 11.3 Å². The highest BCUT2D eigenvalue weighted by molar-refractivity contribution is 5.20. The molecule has 1 atom stereocenters. The van der Waals surface area contributed by atoms with E-state index in [9.17, 15) is 0 Å². The van der Waals surface area contributed by atoms with E-state index in [1.165, 1.54) is 12.0 Å². The summed E-state index contributed by atoms with van der Waals surface area (Å²) in [6.45, 7) is 16.9. The Bertz CT molecular complexity index is 722. The molecule has 0 radical (unpaired) electrons. The molecule has 1 unspecified atom stereocenters.